The molecule has 1 aromatic carbocycles. The topological polar surface area (TPSA) is 93.0 Å². The summed E-state index contributed by atoms with van der Waals surface area (Å²) in [5.41, 5.74) is 0.625. The zero-order valence-electron chi connectivity index (χ0n) is 7.98. The van der Waals surface area contributed by atoms with Gasteiger partial charge in [-0.25, -0.2) is 4.98 Å². The van der Waals surface area contributed by atoms with Gasteiger partial charge >= 0.3 is 59.1 Å². The predicted octanol–water partition coefficient (Wildman–Crippen LogP) is -0.512. The molecule has 0 saturated heterocycles. The minimum atomic E-state index is -4.16. The van der Waals surface area contributed by atoms with Gasteiger partial charge in [0.1, 0.15) is 0 Å². The Bertz CT molecular complexity index is 590. The molecule has 0 radical (unpaired) electrons. The molecule has 0 bridgehead atoms. The zero-order valence-corrected chi connectivity index (χ0v) is 8.79. The molecule has 1 aromatic heterocycles. The van der Waals surface area contributed by atoms with Crippen molar-refractivity contribution in [3.63, 3.8) is 0 Å². The maximum absolute atomic E-state index is 10.8. The quantitative estimate of drug-likeness (QED) is 0.590. The number of nitrogens with zero attached hydrogens (tertiary/aromatic N) is 3. The second-order valence-electron chi connectivity index (χ2n) is 2.97. The van der Waals surface area contributed by atoms with Crippen LogP contribution in [0.3, 0.4) is 0 Å². The van der Waals surface area contributed by atoms with Crippen molar-refractivity contribution in [3.8, 4) is 11.4 Å². The molecule has 86 valence electrons. The number of hydrogen-bond donors (Lipinski definition) is 1. The van der Waals surface area contributed by atoms with E-state index in [0.717, 1.165) is 0 Å². The van der Waals surface area contributed by atoms with Crippen LogP contribution in [0.2, 0.25) is 0 Å². The molecule has 0 aliphatic carbocycles. The molecule has 0 aliphatic heterocycles. The van der Waals surface area contributed by atoms with Crippen molar-refractivity contribution in [2.75, 3.05) is 0 Å². The molecule has 9 heteroatoms. The third-order valence-electron chi connectivity index (χ3n) is 1.89. The van der Waals surface area contributed by atoms with Gasteiger partial charge in [-0.3, -0.25) is 4.55 Å². The van der Waals surface area contributed by atoms with Gasteiger partial charge in [0.2, 0.25) is 0 Å². The summed E-state index contributed by atoms with van der Waals surface area (Å²) in [5.74, 6) is 0.393. The SMILES string of the molecule is O=S(=O)(O)c1ccc(-c2nccnn2)cc1.[NaH].[NaH]. The van der Waals surface area contributed by atoms with Crippen molar-refractivity contribution in [1.82, 2.24) is 15.2 Å². The maximum atomic E-state index is 10.8. The van der Waals surface area contributed by atoms with Crippen LogP contribution in [0.1, 0.15) is 0 Å². The Kier molecular flexibility index (Phi) is 7.72. The number of hydrogen-bond acceptors (Lipinski definition) is 5. The molecule has 1 heterocycles. The number of aromatic nitrogens is 3. The Morgan fingerprint density at radius 3 is 2.06 bits per heavy atom. The molecule has 0 aliphatic rings. The molecule has 0 amide bonds. The minimum absolute atomic E-state index is 0. The predicted molar refractivity (Wildman–Crippen MR) is 69.4 cm³/mol. The molecular weight excluding hydrogens is 276 g/mol. The van der Waals surface area contributed by atoms with Crippen molar-refractivity contribution in [3.05, 3.63) is 36.7 Å². The molecule has 6 nitrogen and oxygen atoms in total. The zero-order chi connectivity index (χ0) is 11.6. The monoisotopic (exact) mass is 285 g/mol. The number of rotatable bonds is 2. The van der Waals surface area contributed by atoms with E-state index >= 15 is 0 Å². The third kappa shape index (κ3) is 4.67. The van der Waals surface area contributed by atoms with Gasteiger partial charge in [-0.1, -0.05) is 0 Å². The van der Waals surface area contributed by atoms with E-state index in [-0.39, 0.29) is 64.0 Å². The van der Waals surface area contributed by atoms with Crippen LogP contribution in [-0.2, 0) is 10.1 Å². The summed E-state index contributed by atoms with van der Waals surface area (Å²) in [6.45, 7) is 0. The van der Waals surface area contributed by atoms with Crippen LogP contribution in [-0.4, -0.2) is 87.3 Å². The Hall–Kier alpha value is 0.140. The van der Waals surface area contributed by atoms with Gasteiger partial charge in [0.25, 0.3) is 10.1 Å². The first-order valence-corrected chi connectivity index (χ1v) is 5.73. The molecule has 2 rings (SSSR count). The van der Waals surface area contributed by atoms with E-state index in [1.165, 1.54) is 36.7 Å². The Morgan fingerprint density at radius 2 is 1.61 bits per heavy atom. The van der Waals surface area contributed by atoms with Gasteiger partial charge in [0.15, 0.2) is 5.82 Å². The summed E-state index contributed by atoms with van der Waals surface area (Å²) in [4.78, 5) is 3.79. The van der Waals surface area contributed by atoms with Gasteiger partial charge in [0.05, 0.1) is 11.1 Å². The van der Waals surface area contributed by atoms with E-state index in [4.69, 9.17) is 4.55 Å². The first-order chi connectivity index (χ1) is 7.57. The molecule has 1 N–H and O–H groups in total. The Morgan fingerprint density at radius 1 is 1.00 bits per heavy atom. The van der Waals surface area contributed by atoms with Crippen LogP contribution in [0.25, 0.3) is 11.4 Å². The van der Waals surface area contributed by atoms with Crippen LogP contribution >= 0.6 is 0 Å². The van der Waals surface area contributed by atoms with E-state index in [1.807, 2.05) is 0 Å². The van der Waals surface area contributed by atoms with Crippen LogP contribution in [0.5, 0.6) is 0 Å². The van der Waals surface area contributed by atoms with Crippen molar-refractivity contribution < 1.29 is 13.0 Å². The van der Waals surface area contributed by atoms with Crippen molar-refractivity contribution in [1.29, 1.82) is 0 Å². The van der Waals surface area contributed by atoms with Crippen LogP contribution in [0.4, 0.5) is 0 Å². The van der Waals surface area contributed by atoms with Gasteiger partial charge in [-0.15, -0.1) is 5.10 Å². The van der Waals surface area contributed by atoms with E-state index in [9.17, 15) is 8.42 Å². The molecule has 0 atom stereocenters. The molecule has 0 spiro atoms. The standard InChI is InChI=1S/C9H7N3O3S.2Na.2H/c13-16(14,15)8-3-1-7(2-4-8)9-10-5-6-11-12-9;;;;/h1-6H,(H,13,14,15);;;;. The van der Waals surface area contributed by atoms with Crippen molar-refractivity contribution in [2.45, 2.75) is 4.90 Å². The van der Waals surface area contributed by atoms with E-state index in [0.29, 0.717) is 11.4 Å². The van der Waals surface area contributed by atoms with Gasteiger partial charge in [-0.05, 0) is 24.3 Å². The van der Waals surface area contributed by atoms with Gasteiger partial charge in [0, 0.05) is 11.8 Å². The van der Waals surface area contributed by atoms with Crippen molar-refractivity contribution in [2.24, 2.45) is 0 Å². The third-order valence-corrected chi connectivity index (χ3v) is 2.76. The average Bonchev–Trinajstić information content (AvgIpc) is 2.29. The fraction of sp³-hybridized carbons (Fsp3) is 0. The summed E-state index contributed by atoms with van der Waals surface area (Å²) >= 11 is 0. The Balaban J connectivity index is 0.00000144. The average molecular weight is 285 g/mol. The first kappa shape index (κ1) is 18.1. The summed E-state index contributed by atoms with van der Waals surface area (Å²) in [6.07, 6.45) is 2.93. The van der Waals surface area contributed by atoms with E-state index in [2.05, 4.69) is 15.2 Å². The van der Waals surface area contributed by atoms with Crippen LogP contribution in [0.15, 0.2) is 41.6 Å². The molecular formula is C9H9N3Na2O3S. The summed E-state index contributed by atoms with van der Waals surface area (Å²) in [6, 6.07) is 5.56. The molecule has 0 saturated carbocycles. The second kappa shape index (κ2) is 7.66. The summed E-state index contributed by atoms with van der Waals surface area (Å²) in [5, 5.41) is 7.42. The second-order valence-corrected chi connectivity index (χ2v) is 4.39. The molecule has 0 unspecified atom stereocenters. The summed E-state index contributed by atoms with van der Waals surface area (Å²) in [7, 11) is -4.16. The number of benzene rings is 1. The van der Waals surface area contributed by atoms with E-state index < -0.39 is 10.1 Å². The van der Waals surface area contributed by atoms with Crippen LogP contribution in [0, 0.1) is 0 Å². The van der Waals surface area contributed by atoms with Crippen LogP contribution < -0.4 is 0 Å². The Labute approximate surface area is 149 Å². The molecule has 18 heavy (non-hydrogen) atoms. The fourth-order valence-corrected chi connectivity index (χ4v) is 1.64. The fourth-order valence-electron chi connectivity index (χ4n) is 1.16. The summed E-state index contributed by atoms with van der Waals surface area (Å²) < 4.78 is 30.4. The normalized spacial score (nSPS) is 10.1. The van der Waals surface area contributed by atoms with Gasteiger partial charge < -0.3 is 0 Å². The molecule has 0 fully saturated rings. The van der Waals surface area contributed by atoms with Gasteiger partial charge in [-0.2, -0.15) is 13.5 Å². The molecule has 2 aromatic rings. The van der Waals surface area contributed by atoms with E-state index in [1.54, 1.807) is 0 Å². The first-order valence-electron chi connectivity index (χ1n) is 4.29. The van der Waals surface area contributed by atoms with Crippen molar-refractivity contribution >= 4 is 69.2 Å².